The molecule has 0 amide bonds. The van der Waals surface area contributed by atoms with Crippen LogP contribution in [0.4, 0.5) is 37.5 Å². The average molecular weight is 619 g/mol. The van der Waals surface area contributed by atoms with E-state index in [9.17, 15) is 14.0 Å². The molecule has 184 valence electrons. The quantitative estimate of drug-likeness (QED) is 0.119. The zero-order valence-electron chi connectivity index (χ0n) is 19.0. The van der Waals surface area contributed by atoms with Crippen molar-refractivity contribution in [2.45, 2.75) is 25.3 Å². The van der Waals surface area contributed by atoms with Gasteiger partial charge in [0.15, 0.2) is 11.5 Å². The van der Waals surface area contributed by atoms with Crippen LogP contribution in [0.25, 0.3) is 11.2 Å². The van der Waals surface area contributed by atoms with Gasteiger partial charge in [-0.25, -0.2) is 29.2 Å². The molecule has 1 unspecified atom stereocenters. The van der Waals surface area contributed by atoms with E-state index in [0.717, 1.165) is 24.2 Å². The van der Waals surface area contributed by atoms with Gasteiger partial charge in [-0.3, -0.25) is 4.34 Å². The zero-order chi connectivity index (χ0) is 25.2. The second-order valence-electron chi connectivity index (χ2n) is 8.17. The van der Waals surface area contributed by atoms with E-state index in [4.69, 9.17) is 0 Å². The Labute approximate surface area is 220 Å². The van der Waals surface area contributed by atoms with Gasteiger partial charge in [-0.15, -0.1) is 0 Å². The largest absolute Gasteiger partial charge is 0.352 e. The summed E-state index contributed by atoms with van der Waals surface area (Å²) in [6.45, 7) is 0. The Morgan fingerprint density at radius 1 is 1.08 bits per heavy atom. The third kappa shape index (κ3) is 5.18. The Bertz CT molecular complexity index is 1450. The summed E-state index contributed by atoms with van der Waals surface area (Å²) in [5.74, 6) is 0.458. The first-order chi connectivity index (χ1) is 17.5. The number of benzene rings is 1. The number of para-hydroxylation sites is 2. The van der Waals surface area contributed by atoms with Crippen molar-refractivity contribution in [2.24, 2.45) is 0 Å². The number of fused-ring (bicyclic) bond motifs is 1. The number of halogens is 3. The Hall–Kier alpha value is -3.14. The average Bonchev–Trinajstić information content (AvgIpc) is 3.61. The van der Waals surface area contributed by atoms with Crippen LogP contribution in [0.5, 0.6) is 0 Å². The van der Waals surface area contributed by atoms with Crippen LogP contribution in [0.15, 0.2) is 48.5 Å². The van der Waals surface area contributed by atoms with Gasteiger partial charge in [0.05, 0.1) is 23.4 Å². The minimum atomic E-state index is -2.75. The number of hydrogen-bond acceptors (Lipinski definition) is 8. The summed E-state index contributed by atoms with van der Waals surface area (Å²) >= 11 is 2.04. The topological polar surface area (TPSA) is 107 Å². The molecule has 5 rings (SSSR count). The Morgan fingerprint density at radius 3 is 2.61 bits per heavy atom. The van der Waals surface area contributed by atoms with Gasteiger partial charge in [-0.1, -0.05) is 18.2 Å². The smallest absolute Gasteiger partial charge is 0.295 e. The number of hydrazine groups is 1. The molecule has 4 aromatic rings. The lowest BCUT2D eigenvalue weighted by atomic mass is 10.2. The highest BCUT2D eigenvalue weighted by Gasteiger charge is 2.25. The lowest BCUT2D eigenvalue weighted by Crippen LogP contribution is -2.36. The molecule has 0 radical (unpaired) electrons. The van der Waals surface area contributed by atoms with Crippen molar-refractivity contribution in [3.05, 3.63) is 60.0 Å². The first kappa shape index (κ1) is 24.5. The van der Waals surface area contributed by atoms with Crippen molar-refractivity contribution in [1.29, 1.82) is 5.26 Å². The van der Waals surface area contributed by atoms with E-state index < -0.39 is 6.43 Å². The molecule has 0 saturated heterocycles. The summed E-state index contributed by atoms with van der Waals surface area (Å²) in [5.41, 5.74) is 6.55. The number of nitrogens with one attached hydrogen (secondary N) is 3. The summed E-state index contributed by atoms with van der Waals surface area (Å²) < 4.78 is 29.1. The second-order valence-corrected chi connectivity index (χ2v) is 10.2. The van der Waals surface area contributed by atoms with Crippen molar-refractivity contribution in [1.82, 2.24) is 24.7 Å². The van der Waals surface area contributed by atoms with E-state index >= 15 is 0 Å². The number of nitriles is 1. The highest BCUT2D eigenvalue weighted by atomic mass is 127. The van der Waals surface area contributed by atoms with E-state index in [1.807, 2.05) is 64.4 Å². The van der Waals surface area contributed by atoms with Crippen molar-refractivity contribution in [2.75, 3.05) is 22.7 Å². The Kier molecular flexibility index (Phi) is 7.13. The molecule has 1 aromatic carbocycles. The molecular formula is C23H21F2IN9P. The number of hydrogen-bond donors (Lipinski definition) is 3. The number of imidazole rings is 1. The molecule has 0 bridgehead atoms. The molecule has 1 atom stereocenters. The molecule has 3 aromatic heterocycles. The van der Waals surface area contributed by atoms with Crippen molar-refractivity contribution < 1.29 is 8.78 Å². The van der Waals surface area contributed by atoms with E-state index in [1.54, 1.807) is 24.3 Å². The summed E-state index contributed by atoms with van der Waals surface area (Å²) in [4.78, 5) is 13.1. The molecule has 3 heterocycles. The van der Waals surface area contributed by atoms with Crippen molar-refractivity contribution in [3.63, 3.8) is 0 Å². The zero-order valence-corrected chi connectivity index (χ0v) is 22.2. The van der Waals surface area contributed by atoms with Crippen LogP contribution >= 0.6 is 28.4 Å². The van der Waals surface area contributed by atoms with E-state index in [-0.39, 0.29) is 17.9 Å². The molecule has 0 spiro atoms. The van der Waals surface area contributed by atoms with Crippen LogP contribution < -0.4 is 21.1 Å². The van der Waals surface area contributed by atoms with Gasteiger partial charge in [0.1, 0.15) is 28.9 Å². The Balaban J connectivity index is 1.59. The number of anilines is 5. The molecule has 13 heteroatoms. The van der Waals surface area contributed by atoms with Crippen LogP contribution in [0.2, 0.25) is 0 Å². The van der Waals surface area contributed by atoms with Gasteiger partial charge in [0.25, 0.3) is 6.43 Å². The number of nitrogens with zero attached hydrogens (tertiary/aromatic N) is 6. The maximum Gasteiger partial charge on any atom is 0.295 e. The van der Waals surface area contributed by atoms with Crippen LogP contribution in [0.1, 0.15) is 30.8 Å². The van der Waals surface area contributed by atoms with Gasteiger partial charge in [-0.2, -0.15) is 5.26 Å². The molecule has 1 aliphatic carbocycles. The third-order valence-electron chi connectivity index (χ3n) is 5.53. The number of alkyl halides is 2. The van der Waals surface area contributed by atoms with Gasteiger partial charge >= 0.3 is 0 Å². The standard InChI is InChI=1S/C23H21F2IN9P/c1-34(33-13-9-10-13)17-7-3-2-6-15(17)29-16-11-19(30-18-8-4-5-14(12-27)28-18)31-22-20(16)32-23(21(24)25)35(22)36-26/h2-8,11,13,21,33,36H,9-10H2,1H3,(H2,28,29,30,31). The first-order valence-electron chi connectivity index (χ1n) is 11.0. The molecular weight excluding hydrogens is 598 g/mol. The summed E-state index contributed by atoms with van der Waals surface area (Å²) in [7, 11) is 1.95. The lowest BCUT2D eigenvalue weighted by Gasteiger charge is -2.24. The first-order valence-corrected chi connectivity index (χ1v) is 15.1. The van der Waals surface area contributed by atoms with Crippen LogP contribution in [0.3, 0.4) is 0 Å². The third-order valence-corrected chi connectivity index (χ3v) is 7.59. The maximum absolute atomic E-state index is 13.8. The molecule has 1 fully saturated rings. The lowest BCUT2D eigenvalue weighted by molar-refractivity contribution is 0.140. The van der Waals surface area contributed by atoms with Gasteiger partial charge in [0.2, 0.25) is 0 Å². The minimum absolute atomic E-state index is 0.0268. The van der Waals surface area contributed by atoms with Gasteiger partial charge in [-0.05, 0) is 59.1 Å². The number of aromatic nitrogens is 4. The summed E-state index contributed by atoms with van der Waals surface area (Å²) in [6.07, 6.45) is -0.514. The van der Waals surface area contributed by atoms with Crippen molar-refractivity contribution in [3.8, 4) is 6.07 Å². The van der Waals surface area contributed by atoms with Crippen LogP contribution in [-0.2, 0) is 0 Å². The highest BCUT2D eigenvalue weighted by Crippen LogP contribution is 2.39. The molecule has 1 saturated carbocycles. The van der Waals surface area contributed by atoms with E-state index in [0.29, 0.717) is 34.5 Å². The molecule has 9 nitrogen and oxygen atoms in total. The van der Waals surface area contributed by atoms with Crippen LogP contribution in [0, 0.1) is 11.3 Å². The second kappa shape index (κ2) is 10.5. The fraction of sp³-hybridized carbons (Fsp3) is 0.217. The van der Waals surface area contributed by atoms with Crippen LogP contribution in [-0.4, -0.2) is 32.4 Å². The van der Waals surface area contributed by atoms with E-state index in [2.05, 4.69) is 31.0 Å². The molecule has 3 N–H and O–H groups in total. The monoisotopic (exact) mass is 619 g/mol. The number of rotatable bonds is 9. The highest BCUT2D eigenvalue weighted by molar-refractivity contribution is 14.2. The minimum Gasteiger partial charge on any atom is -0.352 e. The predicted molar refractivity (Wildman–Crippen MR) is 147 cm³/mol. The van der Waals surface area contributed by atoms with Gasteiger partial charge < -0.3 is 15.6 Å². The number of pyridine rings is 2. The fourth-order valence-corrected chi connectivity index (χ4v) is 5.62. The van der Waals surface area contributed by atoms with Crippen molar-refractivity contribution >= 4 is 68.3 Å². The molecule has 1 aliphatic rings. The SMILES string of the molecule is CN(NC1CC1)c1ccccc1Nc1cc(Nc2cccc(C#N)n2)nc2c1nc(C(F)F)n2PI. The normalized spacial score (nSPS) is 13.4. The Morgan fingerprint density at radius 2 is 1.89 bits per heavy atom. The summed E-state index contributed by atoms with van der Waals surface area (Å²) in [6, 6.07) is 16.9. The molecule has 0 aliphatic heterocycles. The van der Waals surface area contributed by atoms with E-state index in [1.165, 1.54) is 4.34 Å². The fourth-order valence-electron chi connectivity index (χ4n) is 3.72. The predicted octanol–water partition coefficient (Wildman–Crippen LogP) is 6.02. The maximum atomic E-state index is 13.8. The van der Waals surface area contributed by atoms with Gasteiger partial charge in [0, 0.05) is 19.2 Å². The molecule has 36 heavy (non-hydrogen) atoms. The summed E-state index contributed by atoms with van der Waals surface area (Å²) in [5, 5.41) is 17.6.